The maximum Gasteiger partial charge on any atom is 0.412 e. The molecule has 2 aromatic heterocycles. The summed E-state index contributed by atoms with van der Waals surface area (Å²) in [5.41, 5.74) is 5.77. The summed E-state index contributed by atoms with van der Waals surface area (Å²) in [6.45, 7) is 0. The minimum atomic E-state index is -0.396. The smallest absolute Gasteiger partial charge is 0.410 e. The summed E-state index contributed by atoms with van der Waals surface area (Å²) >= 11 is 0. The highest BCUT2D eigenvalue weighted by atomic mass is 16.6. The Morgan fingerprint density at radius 1 is 1.03 bits per heavy atom. The topological polar surface area (TPSA) is 79.9 Å². The lowest BCUT2D eigenvalue weighted by Crippen LogP contribution is -2.40. The Labute approximate surface area is 168 Å². The van der Waals surface area contributed by atoms with Crippen LogP contribution in [0.2, 0.25) is 0 Å². The first kappa shape index (κ1) is 17.4. The fourth-order valence-corrected chi connectivity index (χ4v) is 3.58. The Morgan fingerprint density at radius 2 is 1.83 bits per heavy atom. The van der Waals surface area contributed by atoms with Gasteiger partial charge in [0, 0.05) is 11.6 Å². The van der Waals surface area contributed by atoms with Crippen molar-refractivity contribution in [3.8, 4) is 28.1 Å². The molecule has 1 fully saturated rings. The predicted octanol–water partition coefficient (Wildman–Crippen LogP) is 4.93. The van der Waals surface area contributed by atoms with Crippen LogP contribution in [0.5, 0.6) is 5.75 Å². The van der Waals surface area contributed by atoms with E-state index in [4.69, 9.17) is 4.74 Å². The Kier molecular flexibility index (Phi) is 4.44. The van der Waals surface area contributed by atoms with E-state index in [-0.39, 0.29) is 6.04 Å². The predicted molar refractivity (Wildman–Crippen MR) is 112 cm³/mol. The van der Waals surface area contributed by atoms with Crippen LogP contribution in [0.15, 0.2) is 67.1 Å². The van der Waals surface area contributed by atoms with Crippen molar-refractivity contribution < 1.29 is 9.53 Å². The van der Waals surface area contributed by atoms with Gasteiger partial charge in [0.2, 0.25) is 0 Å². The number of nitrogens with zero attached hydrogens (tertiary/aromatic N) is 2. The summed E-state index contributed by atoms with van der Waals surface area (Å²) in [7, 11) is 0. The van der Waals surface area contributed by atoms with E-state index in [2.05, 4.69) is 32.4 Å². The lowest BCUT2D eigenvalue weighted by molar-refractivity contribution is 0.188. The highest BCUT2D eigenvalue weighted by molar-refractivity contribution is 6.01. The Hall–Kier alpha value is -3.67. The zero-order valence-corrected chi connectivity index (χ0v) is 15.8. The summed E-state index contributed by atoms with van der Waals surface area (Å²) in [4.78, 5) is 24.0. The van der Waals surface area contributed by atoms with Gasteiger partial charge in [-0.05, 0) is 42.5 Å². The molecule has 6 heteroatoms. The van der Waals surface area contributed by atoms with Crippen molar-refractivity contribution in [2.75, 3.05) is 0 Å². The molecule has 6 nitrogen and oxygen atoms in total. The lowest BCUT2D eigenvalue weighted by Gasteiger charge is -2.25. The fraction of sp³-hybridized carbons (Fsp3) is 0.174. The summed E-state index contributed by atoms with van der Waals surface area (Å²) in [6, 6.07) is 17.9. The first-order chi connectivity index (χ1) is 14.3. The van der Waals surface area contributed by atoms with Crippen LogP contribution in [-0.2, 0) is 0 Å². The molecule has 0 atom stereocenters. The molecule has 4 aromatic rings. The first-order valence-corrected chi connectivity index (χ1v) is 9.74. The number of hydrogen-bond acceptors (Lipinski definition) is 4. The zero-order chi connectivity index (χ0) is 19.6. The number of H-pyrrole nitrogens is 1. The number of carbonyl (C=O) groups excluding carboxylic acids is 1. The molecule has 0 unspecified atom stereocenters. The van der Waals surface area contributed by atoms with Crippen molar-refractivity contribution in [1.29, 1.82) is 0 Å². The quantitative estimate of drug-likeness (QED) is 0.523. The van der Waals surface area contributed by atoms with Gasteiger partial charge in [0.05, 0.1) is 22.9 Å². The molecule has 1 amide bonds. The summed E-state index contributed by atoms with van der Waals surface area (Å²) in [5.74, 6) is 0.515. The fourth-order valence-electron chi connectivity index (χ4n) is 3.58. The third-order valence-electron chi connectivity index (χ3n) is 5.30. The largest absolute Gasteiger partial charge is 0.412 e. The summed E-state index contributed by atoms with van der Waals surface area (Å²) < 4.78 is 5.41. The molecule has 5 rings (SSSR count). The SMILES string of the molecule is O=C(NC1CCC1)Oc1ccc(-c2c(-c3ccccc3)[nH]c3cncnc23)cc1. The van der Waals surface area contributed by atoms with Crippen molar-refractivity contribution in [3.63, 3.8) is 0 Å². The third kappa shape index (κ3) is 3.45. The highest BCUT2D eigenvalue weighted by Crippen LogP contribution is 2.37. The second-order valence-electron chi connectivity index (χ2n) is 7.21. The van der Waals surface area contributed by atoms with Gasteiger partial charge in [-0.1, -0.05) is 42.5 Å². The van der Waals surface area contributed by atoms with Crippen LogP contribution < -0.4 is 10.1 Å². The Morgan fingerprint density at radius 3 is 2.55 bits per heavy atom. The second kappa shape index (κ2) is 7.39. The van der Waals surface area contributed by atoms with Crippen LogP contribution in [0.1, 0.15) is 19.3 Å². The number of nitrogens with one attached hydrogen (secondary N) is 2. The van der Waals surface area contributed by atoms with Gasteiger partial charge in [-0.3, -0.25) is 0 Å². The van der Waals surface area contributed by atoms with Gasteiger partial charge in [0.1, 0.15) is 12.1 Å². The number of aromatic nitrogens is 3. The molecule has 144 valence electrons. The van der Waals surface area contributed by atoms with Crippen LogP contribution in [0.25, 0.3) is 33.4 Å². The number of benzene rings is 2. The molecule has 1 saturated carbocycles. The first-order valence-electron chi connectivity index (χ1n) is 9.74. The van der Waals surface area contributed by atoms with E-state index in [1.807, 2.05) is 42.5 Å². The minimum Gasteiger partial charge on any atom is -0.410 e. The zero-order valence-electron chi connectivity index (χ0n) is 15.8. The molecule has 2 heterocycles. The molecule has 2 aromatic carbocycles. The van der Waals surface area contributed by atoms with Crippen molar-refractivity contribution in [3.05, 3.63) is 67.1 Å². The van der Waals surface area contributed by atoms with E-state index in [0.29, 0.717) is 5.75 Å². The van der Waals surface area contributed by atoms with Gasteiger partial charge >= 0.3 is 6.09 Å². The normalized spacial score (nSPS) is 13.8. The van der Waals surface area contributed by atoms with Gasteiger partial charge in [-0.25, -0.2) is 14.8 Å². The lowest BCUT2D eigenvalue weighted by atomic mass is 9.93. The molecule has 0 spiro atoms. The maximum absolute atomic E-state index is 12.0. The molecular formula is C23H20N4O2. The molecule has 0 bridgehead atoms. The Bertz CT molecular complexity index is 1150. The van der Waals surface area contributed by atoms with Gasteiger partial charge in [-0.15, -0.1) is 0 Å². The van der Waals surface area contributed by atoms with Crippen molar-refractivity contribution in [2.45, 2.75) is 25.3 Å². The number of ether oxygens (including phenoxy) is 1. The van der Waals surface area contributed by atoms with Crippen LogP contribution in [0, 0.1) is 0 Å². The van der Waals surface area contributed by atoms with Crippen LogP contribution in [0.4, 0.5) is 4.79 Å². The van der Waals surface area contributed by atoms with Gasteiger partial charge < -0.3 is 15.0 Å². The van der Waals surface area contributed by atoms with E-state index in [1.54, 1.807) is 12.5 Å². The maximum atomic E-state index is 12.0. The number of carbonyl (C=O) groups is 1. The standard InChI is InChI=1S/C23H20N4O2/c28-23(26-17-7-4-8-17)29-18-11-9-15(10-12-18)20-21(16-5-2-1-3-6-16)27-19-13-24-14-25-22(19)20/h1-3,5-6,9-14,17,27H,4,7-8H2,(H,26,28). The van der Waals surface area contributed by atoms with E-state index >= 15 is 0 Å². The number of rotatable bonds is 4. The molecule has 29 heavy (non-hydrogen) atoms. The van der Waals surface area contributed by atoms with Gasteiger partial charge in [0.15, 0.2) is 0 Å². The third-order valence-corrected chi connectivity index (χ3v) is 5.30. The number of hydrogen-bond donors (Lipinski definition) is 2. The number of fused-ring (bicyclic) bond motifs is 1. The number of amides is 1. The van der Waals surface area contributed by atoms with Gasteiger partial charge in [0.25, 0.3) is 0 Å². The van der Waals surface area contributed by atoms with Crippen molar-refractivity contribution >= 4 is 17.1 Å². The van der Waals surface area contributed by atoms with E-state index < -0.39 is 6.09 Å². The van der Waals surface area contributed by atoms with E-state index in [0.717, 1.165) is 52.7 Å². The summed E-state index contributed by atoms with van der Waals surface area (Å²) in [5, 5.41) is 2.88. The second-order valence-corrected chi connectivity index (χ2v) is 7.21. The molecule has 1 aliphatic carbocycles. The van der Waals surface area contributed by atoms with E-state index in [9.17, 15) is 4.79 Å². The molecule has 0 radical (unpaired) electrons. The average Bonchev–Trinajstić information content (AvgIpc) is 3.12. The van der Waals surface area contributed by atoms with Crippen LogP contribution >= 0.6 is 0 Å². The van der Waals surface area contributed by atoms with Gasteiger partial charge in [-0.2, -0.15) is 0 Å². The van der Waals surface area contributed by atoms with Crippen molar-refractivity contribution in [2.24, 2.45) is 0 Å². The molecule has 0 saturated heterocycles. The molecule has 0 aliphatic heterocycles. The van der Waals surface area contributed by atoms with E-state index in [1.165, 1.54) is 0 Å². The summed E-state index contributed by atoms with van der Waals surface area (Å²) in [6.07, 6.45) is 6.15. The van der Waals surface area contributed by atoms with Crippen LogP contribution in [-0.4, -0.2) is 27.1 Å². The average molecular weight is 384 g/mol. The van der Waals surface area contributed by atoms with Crippen molar-refractivity contribution in [1.82, 2.24) is 20.3 Å². The monoisotopic (exact) mass is 384 g/mol. The molecular weight excluding hydrogens is 364 g/mol. The highest BCUT2D eigenvalue weighted by Gasteiger charge is 2.20. The van der Waals surface area contributed by atoms with Crippen LogP contribution in [0.3, 0.4) is 0 Å². The minimum absolute atomic E-state index is 0.251. The number of aromatic amines is 1. The Balaban J connectivity index is 1.48. The molecule has 1 aliphatic rings. The molecule has 2 N–H and O–H groups in total.